The maximum absolute atomic E-state index is 14.3. The number of methoxy groups -OCH3 is 1. The number of benzene rings is 3. The summed E-state index contributed by atoms with van der Waals surface area (Å²) in [5.74, 6) is -0.273. The lowest BCUT2D eigenvalue weighted by molar-refractivity contribution is -0.117. The van der Waals surface area contributed by atoms with Crippen LogP contribution < -0.4 is 15.4 Å². The Balaban J connectivity index is 1.89. The minimum absolute atomic E-state index is 0.119. The van der Waals surface area contributed by atoms with E-state index in [4.69, 9.17) is 16.3 Å². The van der Waals surface area contributed by atoms with E-state index in [2.05, 4.69) is 10.6 Å². The highest BCUT2D eigenvalue weighted by atomic mass is 35.5. The highest BCUT2D eigenvalue weighted by molar-refractivity contribution is 8.02. The fourth-order valence-electron chi connectivity index (χ4n) is 2.89. The van der Waals surface area contributed by atoms with Gasteiger partial charge in [-0.25, -0.2) is 4.39 Å². The van der Waals surface area contributed by atoms with Gasteiger partial charge in [-0.15, -0.1) is 11.8 Å². The summed E-state index contributed by atoms with van der Waals surface area (Å²) in [7, 11) is 1.54. The third kappa shape index (κ3) is 6.75. The first-order valence-electron chi connectivity index (χ1n) is 9.95. The summed E-state index contributed by atoms with van der Waals surface area (Å²) < 4.78 is 19.5. The maximum atomic E-state index is 14.3. The average Bonchev–Trinajstić information content (AvgIpc) is 2.83. The van der Waals surface area contributed by atoms with E-state index in [1.807, 2.05) is 36.4 Å². The van der Waals surface area contributed by atoms with Crippen molar-refractivity contribution >= 4 is 35.0 Å². The molecule has 0 aliphatic heterocycles. The van der Waals surface area contributed by atoms with Crippen molar-refractivity contribution in [3.05, 3.63) is 105 Å². The number of nitrogens with zero attached hydrogens (tertiary/aromatic N) is 1. The Morgan fingerprint density at radius 2 is 1.88 bits per heavy atom. The zero-order valence-corrected chi connectivity index (χ0v) is 19.3. The summed E-state index contributed by atoms with van der Waals surface area (Å²) in [5, 5.41) is 16.2. The molecule has 0 saturated carbocycles. The van der Waals surface area contributed by atoms with Gasteiger partial charge in [0.1, 0.15) is 23.2 Å². The van der Waals surface area contributed by atoms with E-state index in [0.29, 0.717) is 11.4 Å². The molecule has 5 nitrogen and oxygen atoms in total. The molecule has 0 aliphatic carbocycles. The summed E-state index contributed by atoms with van der Waals surface area (Å²) in [4.78, 5) is 12.9. The first kappa shape index (κ1) is 24.2. The van der Waals surface area contributed by atoms with Crippen molar-refractivity contribution in [1.29, 1.82) is 5.26 Å². The second-order valence-electron chi connectivity index (χ2n) is 6.83. The van der Waals surface area contributed by atoms with Gasteiger partial charge in [-0.3, -0.25) is 4.79 Å². The molecule has 0 saturated heterocycles. The summed E-state index contributed by atoms with van der Waals surface area (Å²) >= 11 is 7.27. The van der Waals surface area contributed by atoms with Gasteiger partial charge in [0.25, 0.3) is 5.91 Å². The molecule has 0 bridgehead atoms. The van der Waals surface area contributed by atoms with Crippen LogP contribution in [-0.2, 0) is 17.1 Å². The minimum Gasteiger partial charge on any atom is -0.497 e. The quantitative estimate of drug-likeness (QED) is 0.294. The van der Waals surface area contributed by atoms with Crippen LogP contribution in [0.4, 0.5) is 10.1 Å². The van der Waals surface area contributed by atoms with Crippen molar-refractivity contribution in [1.82, 2.24) is 5.32 Å². The van der Waals surface area contributed by atoms with Gasteiger partial charge in [0.15, 0.2) is 0 Å². The molecule has 2 N–H and O–H groups in total. The van der Waals surface area contributed by atoms with Crippen LogP contribution in [0.5, 0.6) is 5.75 Å². The summed E-state index contributed by atoms with van der Waals surface area (Å²) in [6.07, 6.45) is 0. The van der Waals surface area contributed by atoms with E-state index in [-0.39, 0.29) is 33.5 Å². The molecule has 0 aliphatic rings. The first-order chi connectivity index (χ1) is 16.0. The van der Waals surface area contributed by atoms with Crippen LogP contribution >= 0.6 is 23.4 Å². The monoisotopic (exact) mass is 481 g/mol. The van der Waals surface area contributed by atoms with Crippen LogP contribution in [-0.4, -0.2) is 13.0 Å². The van der Waals surface area contributed by atoms with Gasteiger partial charge in [-0.05, 0) is 29.8 Å². The Hall–Kier alpha value is -3.47. The lowest BCUT2D eigenvalue weighted by Gasteiger charge is -2.15. The molecule has 0 heterocycles. The summed E-state index contributed by atoms with van der Waals surface area (Å²) in [5.41, 5.74) is 1.68. The second-order valence-corrected chi connectivity index (χ2v) is 8.22. The molecule has 168 valence electrons. The van der Waals surface area contributed by atoms with Crippen LogP contribution in [0.1, 0.15) is 11.1 Å². The zero-order valence-electron chi connectivity index (χ0n) is 17.8. The zero-order chi connectivity index (χ0) is 23.6. The lowest BCUT2D eigenvalue weighted by Crippen LogP contribution is -2.25. The number of nitrogens with one attached hydrogen (secondary N) is 2. The van der Waals surface area contributed by atoms with Gasteiger partial charge >= 0.3 is 0 Å². The Morgan fingerprint density at radius 1 is 1.12 bits per heavy atom. The van der Waals surface area contributed by atoms with Crippen molar-refractivity contribution in [2.75, 3.05) is 12.4 Å². The molecule has 33 heavy (non-hydrogen) atoms. The van der Waals surface area contributed by atoms with Crippen LogP contribution in [0.25, 0.3) is 0 Å². The Bertz CT molecular complexity index is 1180. The summed E-state index contributed by atoms with van der Waals surface area (Å²) in [6.45, 7) is 0.265. The first-order valence-corrected chi connectivity index (χ1v) is 11.3. The minimum atomic E-state index is -0.543. The second kappa shape index (κ2) is 12.0. The topological polar surface area (TPSA) is 74.1 Å². The molecule has 1 amide bonds. The number of rotatable bonds is 9. The number of anilines is 1. The Kier molecular flexibility index (Phi) is 8.76. The SMILES string of the molecule is COc1cccc(NC(SCc2c(F)cccc2Cl)=C(C#N)C(=O)NCc2ccccc2)c1. The van der Waals surface area contributed by atoms with E-state index in [9.17, 15) is 14.4 Å². The molecular formula is C25H21ClFN3O2S. The molecule has 3 rings (SSSR count). The van der Waals surface area contributed by atoms with Gasteiger partial charge in [-0.1, -0.05) is 54.1 Å². The van der Waals surface area contributed by atoms with Gasteiger partial charge < -0.3 is 15.4 Å². The number of halogens is 2. The molecule has 0 unspecified atom stereocenters. The van der Waals surface area contributed by atoms with Gasteiger partial charge in [0, 0.05) is 34.6 Å². The summed E-state index contributed by atoms with van der Waals surface area (Å²) in [6, 6.07) is 22.8. The van der Waals surface area contributed by atoms with Gasteiger partial charge in [0.2, 0.25) is 0 Å². The van der Waals surface area contributed by atoms with Crippen molar-refractivity contribution < 1.29 is 13.9 Å². The van der Waals surface area contributed by atoms with Crippen molar-refractivity contribution in [3.63, 3.8) is 0 Å². The van der Waals surface area contributed by atoms with Crippen LogP contribution in [0, 0.1) is 17.1 Å². The predicted molar refractivity (Wildman–Crippen MR) is 130 cm³/mol. The van der Waals surface area contributed by atoms with Crippen LogP contribution in [0.15, 0.2) is 83.4 Å². The van der Waals surface area contributed by atoms with E-state index in [0.717, 1.165) is 17.3 Å². The van der Waals surface area contributed by atoms with Crippen LogP contribution in [0.2, 0.25) is 5.02 Å². The molecule has 0 spiro atoms. The number of carbonyl (C=O) groups excluding carboxylic acids is 1. The maximum Gasteiger partial charge on any atom is 0.264 e. The van der Waals surface area contributed by atoms with Crippen molar-refractivity contribution in [3.8, 4) is 11.8 Å². The largest absolute Gasteiger partial charge is 0.497 e. The molecule has 3 aromatic rings. The Morgan fingerprint density at radius 3 is 2.58 bits per heavy atom. The molecule has 3 aromatic carbocycles. The lowest BCUT2D eigenvalue weighted by atomic mass is 10.2. The molecule has 0 aromatic heterocycles. The smallest absolute Gasteiger partial charge is 0.264 e. The van der Waals surface area contributed by atoms with E-state index in [1.54, 1.807) is 37.4 Å². The molecule has 8 heteroatoms. The highest BCUT2D eigenvalue weighted by Gasteiger charge is 2.18. The number of ether oxygens (including phenoxy) is 1. The number of hydrogen-bond donors (Lipinski definition) is 2. The normalized spacial score (nSPS) is 11.2. The Labute approximate surface area is 201 Å². The average molecular weight is 482 g/mol. The number of hydrogen-bond acceptors (Lipinski definition) is 5. The van der Waals surface area contributed by atoms with Crippen molar-refractivity contribution in [2.24, 2.45) is 0 Å². The predicted octanol–water partition coefficient (Wildman–Crippen LogP) is 5.88. The fourth-order valence-corrected chi connectivity index (χ4v) is 4.25. The van der Waals surface area contributed by atoms with E-state index >= 15 is 0 Å². The highest BCUT2D eigenvalue weighted by Crippen LogP contribution is 2.31. The van der Waals surface area contributed by atoms with Crippen LogP contribution in [0.3, 0.4) is 0 Å². The standard InChI is InChI=1S/C25H21ClFN3O2S/c1-32-19-10-5-9-18(13-19)30-25(33-16-21-22(26)11-6-12-23(21)27)20(14-28)24(31)29-15-17-7-3-2-4-8-17/h2-13,30H,15-16H2,1H3,(H,29,31). The molecular weight excluding hydrogens is 461 g/mol. The number of thioether (sulfide) groups is 1. The number of amides is 1. The van der Waals surface area contributed by atoms with E-state index in [1.165, 1.54) is 12.1 Å². The number of nitriles is 1. The number of carbonyl (C=O) groups is 1. The van der Waals surface area contributed by atoms with E-state index < -0.39 is 11.7 Å². The molecule has 0 radical (unpaired) electrons. The fraction of sp³-hybridized carbons (Fsp3) is 0.120. The van der Waals surface area contributed by atoms with Crippen molar-refractivity contribution in [2.45, 2.75) is 12.3 Å². The van der Waals surface area contributed by atoms with Gasteiger partial charge in [-0.2, -0.15) is 5.26 Å². The third-order valence-corrected chi connectivity index (χ3v) is 5.99. The molecule has 0 fully saturated rings. The molecule has 0 atom stereocenters. The van der Waals surface area contributed by atoms with Gasteiger partial charge in [0.05, 0.1) is 12.1 Å². The third-order valence-electron chi connectivity index (χ3n) is 4.61.